The van der Waals surface area contributed by atoms with Gasteiger partial charge in [0.2, 0.25) is 5.91 Å². The van der Waals surface area contributed by atoms with Crippen LogP contribution in [0.5, 0.6) is 11.5 Å². The highest BCUT2D eigenvalue weighted by Crippen LogP contribution is 2.32. The average Bonchev–Trinajstić information content (AvgIpc) is 2.54. The number of rotatable bonds is 8. The fourth-order valence-corrected chi connectivity index (χ4v) is 2.17. The summed E-state index contributed by atoms with van der Waals surface area (Å²) in [5, 5.41) is 6.07. The molecule has 2 rings (SSSR count). The first kappa shape index (κ1) is 17.6. The molecule has 1 aliphatic rings. The van der Waals surface area contributed by atoms with Gasteiger partial charge >= 0.3 is 0 Å². The van der Waals surface area contributed by atoms with Crippen LogP contribution in [0.3, 0.4) is 0 Å². The van der Waals surface area contributed by atoms with E-state index in [1.165, 1.54) is 0 Å². The lowest BCUT2D eigenvalue weighted by Gasteiger charge is -2.19. The zero-order valence-electron chi connectivity index (χ0n) is 14.1. The van der Waals surface area contributed by atoms with Crippen LogP contribution in [0.25, 0.3) is 0 Å². The van der Waals surface area contributed by atoms with Gasteiger partial charge in [-0.05, 0) is 45.9 Å². The molecular weight excluding hydrogens is 296 g/mol. The van der Waals surface area contributed by atoms with Crippen molar-refractivity contribution in [3.05, 3.63) is 18.2 Å². The summed E-state index contributed by atoms with van der Waals surface area (Å²) in [6.45, 7) is 8.38. The first-order chi connectivity index (χ1) is 11.1. The summed E-state index contributed by atoms with van der Waals surface area (Å²) in [5.41, 5.74) is 0.705. The molecule has 6 nitrogen and oxygen atoms in total. The molecule has 0 bridgehead atoms. The fourth-order valence-electron chi connectivity index (χ4n) is 2.17. The van der Waals surface area contributed by atoms with Crippen LogP contribution in [0.2, 0.25) is 0 Å². The largest absolute Gasteiger partial charge is 0.486 e. The topological polar surface area (TPSA) is 68.8 Å². The Hall–Kier alpha value is -1.79. The van der Waals surface area contributed by atoms with Gasteiger partial charge in [-0.2, -0.15) is 0 Å². The van der Waals surface area contributed by atoms with E-state index in [1.54, 1.807) is 6.07 Å². The second kappa shape index (κ2) is 8.74. The molecule has 128 valence electrons. The molecule has 1 aromatic rings. The van der Waals surface area contributed by atoms with Gasteiger partial charge in [0.25, 0.3) is 0 Å². The Balaban J connectivity index is 1.75. The number of carbonyl (C=O) groups excluding carboxylic acids is 1. The normalized spacial score (nSPS) is 14.6. The van der Waals surface area contributed by atoms with Crippen LogP contribution >= 0.6 is 0 Å². The van der Waals surface area contributed by atoms with E-state index in [1.807, 2.05) is 32.9 Å². The summed E-state index contributed by atoms with van der Waals surface area (Å²) < 4.78 is 16.4. The monoisotopic (exact) mass is 322 g/mol. The maximum absolute atomic E-state index is 12.2. The summed E-state index contributed by atoms with van der Waals surface area (Å²) in [5.74, 6) is 1.30. The van der Waals surface area contributed by atoms with E-state index in [0.717, 1.165) is 13.0 Å². The Morgan fingerprint density at radius 1 is 1.22 bits per heavy atom. The van der Waals surface area contributed by atoms with Crippen molar-refractivity contribution >= 4 is 11.6 Å². The van der Waals surface area contributed by atoms with E-state index in [9.17, 15) is 4.79 Å². The van der Waals surface area contributed by atoms with Crippen LogP contribution in [-0.4, -0.2) is 44.4 Å². The molecule has 1 heterocycles. The van der Waals surface area contributed by atoms with Crippen molar-refractivity contribution in [2.24, 2.45) is 0 Å². The van der Waals surface area contributed by atoms with Crippen LogP contribution in [0.1, 0.15) is 27.2 Å². The quantitative estimate of drug-likeness (QED) is 0.718. The summed E-state index contributed by atoms with van der Waals surface area (Å²) in [4.78, 5) is 12.2. The van der Waals surface area contributed by atoms with Crippen molar-refractivity contribution in [1.82, 2.24) is 5.32 Å². The van der Waals surface area contributed by atoms with Crippen LogP contribution < -0.4 is 20.1 Å². The molecule has 1 atom stereocenters. The lowest BCUT2D eigenvalue weighted by Crippen LogP contribution is -2.38. The van der Waals surface area contributed by atoms with E-state index >= 15 is 0 Å². The van der Waals surface area contributed by atoms with Crippen molar-refractivity contribution in [3.63, 3.8) is 0 Å². The second-order valence-electron chi connectivity index (χ2n) is 5.80. The number of nitrogens with one attached hydrogen (secondary N) is 2. The molecule has 0 unspecified atom stereocenters. The van der Waals surface area contributed by atoms with Crippen molar-refractivity contribution in [1.29, 1.82) is 0 Å². The van der Waals surface area contributed by atoms with E-state index < -0.39 is 0 Å². The number of carbonyl (C=O) groups is 1. The highest BCUT2D eigenvalue weighted by atomic mass is 16.6. The predicted octanol–water partition coefficient (Wildman–Crippen LogP) is 2.19. The summed E-state index contributed by atoms with van der Waals surface area (Å²) in [6, 6.07) is 5.14. The van der Waals surface area contributed by atoms with Crippen LogP contribution in [0.15, 0.2) is 18.2 Å². The third-order valence-corrected chi connectivity index (χ3v) is 3.43. The van der Waals surface area contributed by atoms with Gasteiger partial charge in [-0.3, -0.25) is 4.79 Å². The number of ether oxygens (including phenoxy) is 3. The van der Waals surface area contributed by atoms with Crippen molar-refractivity contribution in [2.75, 3.05) is 31.7 Å². The molecule has 0 aliphatic carbocycles. The zero-order chi connectivity index (χ0) is 16.7. The number of fused-ring (bicyclic) bond motifs is 1. The fraction of sp³-hybridized carbons (Fsp3) is 0.588. The molecule has 1 aromatic carbocycles. The maximum Gasteiger partial charge on any atom is 0.241 e. The second-order valence-corrected chi connectivity index (χ2v) is 5.80. The smallest absolute Gasteiger partial charge is 0.241 e. The van der Waals surface area contributed by atoms with E-state index in [-0.39, 0.29) is 18.1 Å². The minimum Gasteiger partial charge on any atom is -0.486 e. The highest BCUT2D eigenvalue weighted by Gasteiger charge is 2.15. The van der Waals surface area contributed by atoms with Crippen LogP contribution in [0, 0.1) is 0 Å². The number of hydrogen-bond donors (Lipinski definition) is 2. The van der Waals surface area contributed by atoms with Gasteiger partial charge in [0.05, 0.1) is 12.1 Å². The Morgan fingerprint density at radius 3 is 2.70 bits per heavy atom. The molecule has 1 aliphatic heterocycles. The van der Waals surface area contributed by atoms with Gasteiger partial charge in [0, 0.05) is 18.4 Å². The lowest BCUT2D eigenvalue weighted by molar-refractivity contribution is -0.117. The third kappa shape index (κ3) is 5.73. The average molecular weight is 322 g/mol. The SMILES string of the molecule is CC(C)OCCCN[C@H](C)C(=O)Nc1ccc2c(c1)OCCO2. The number of anilines is 1. The molecule has 0 saturated carbocycles. The van der Waals surface area contributed by atoms with E-state index in [4.69, 9.17) is 14.2 Å². The first-order valence-corrected chi connectivity index (χ1v) is 8.12. The minimum atomic E-state index is -0.276. The summed E-state index contributed by atoms with van der Waals surface area (Å²) >= 11 is 0. The molecular formula is C17H26N2O4. The van der Waals surface area contributed by atoms with Gasteiger partial charge in [-0.25, -0.2) is 0 Å². The molecule has 0 fully saturated rings. The number of hydrogen-bond acceptors (Lipinski definition) is 5. The number of amides is 1. The van der Waals surface area contributed by atoms with Crippen molar-refractivity contribution in [3.8, 4) is 11.5 Å². The molecule has 2 N–H and O–H groups in total. The van der Waals surface area contributed by atoms with Gasteiger partial charge in [-0.15, -0.1) is 0 Å². The van der Waals surface area contributed by atoms with Gasteiger partial charge in [0.1, 0.15) is 13.2 Å². The molecule has 0 radical (unpaired) electrons. The zero-order valence-corrected chi connectivity index (χ0v) is 14.1. The van der Waals surface area contributed by atoms with Crippen LogP contribution in [-0.2, 0) is 9.53 Å². The lowest BCUT2D eigenvalue weighted by atomic mass is 10.2. The molecule has 1 amide bonds. The van der Waals surface area contributed by atoms with Crippen molar-refractivity contribution in [2.45, 2.75) is 39.3 Å². The summed E-state index contributed by atoms with van der Waals surface area (Å²) in [6.07, 6.45) is 1.12. The summed E-state index contributed by atoms with van der Waals surface area (Å²) in [7, 11) is 0. The number of benzene rings is 1. The van der Waals surface area contributed by atoms with Crippen molar-refractivity contribution < 1.29 is 19.0 Å². The highest BCUT2D eigenvalue weighted by molar-refractivity contribution is 5.94. The van der Waals surface area contributed by atoms with Gasteiger partial charge in [0.15, 0.2) is 11.5 Å². The van der Waals surface area contributed by atoms with Gasteiger partial charge in [-0.1, -0.05) is 0 Å². The first-order valence-electron chi connectivity index (χ1n) is 8.12. The maximum atomic E-state index is 12.2. The Bertz CT molecular complexity index is 519. The molecule has 6 heteroatoms. The third-order valence-electron chi connectivity index (χ3n) is 3.43. The standard InChI is InChI=1S/C17H26N2O4/c1-12(2)21-8-4-7-18-13(3)17(20)19-14-5-6-15-16(11-14)23-10-9-22-15/h5-6,11-13,18H,4,7-10H2,1-3H3,(H,19,20)/t13-/m1/s1. The Morgan fingerprint density at radius 2 is 1.96 bits per heavy atom. The van der Waals surface area contributed by atoms with E-state index in [0.29, 0.717) is 37.0 Å². The minimum absolute atomic E-state index is 0.0774. The Labute approximate surface area is 137 Å². The molecule has 0 aromatic heterocycles. The molecule has 0 saturated heterocycles. The van der Waals surface area contributed by atoms with E-state index in [2.05, 4.69) is 10.6 Å². The molecule has 23 heavy (non-hydrogen) atoms. The van der Waals surface area contributed by atoms with Crippen LogP contribution in [0.4, 0.5) is 5.69 Å². The predicted molar refractivity (Wildman–Crippen MR) is 89.2 cm³/mol. The Kier molecular flexibility index (Phi) is 6.67. The molecule has 0 spiro atoms. The van der Waals surface area contributed by atoms with Gasteiger partial charge < -0.3 is 24.8 Å².